The Morgan fingerprint density at radius 1 is 1.41 bits per heavy atom. The zero-order chi connectivity index (χ0) is 12.3. The summed E-state index contributed by atoms with van der Waals surface area (Å²) < 4.78 is 0.852. The second kappa shape index (κ2) is 5.14. The minimum absolute atomic E-state index is 0.635. The number of hydrogen-bond acceptors (Lipinski definition) is 4. The highest BCUT2D eigenvalue weighted by Crippen LogP contribution is 2.22. The van der Waals surface area contributed by atoms with Crippen LogP contribution < -0.4 is 11.1 Å². The summed E-state index contributed by atoms with van der Waals surface area (Å²) >= 11 is 3.41. The fourth-order valence-electron chi connectivity index (χ4n) is 1.46. The molecule has 0 aromatic carbocycles. The number of hydrogen-bond donors (Lipinski definition) is 2. The molecule has 0 saturated carbocycles. The van der Waals surface area contributed by atoms with E-state index in [0.29, 0.717) is 12.2 Å². The lowest BCUT2D eigenvalue weighted by Crippen LogP contribution is -2.04. The first kappa shape index (κ1) is 11.9. The van der Waals surface area contributed by atoms with Crippen LogP contribution in [-0.2, 0) is 6.54 Å². The van der Waals surface area contributed by atoms with Crippen molar-refractivity contribution in [2.24, 2.45) is 0 Å². The van der Waals surface area contributed by atoms with Crippen LogP contribution >= 0.6 is 15.9 Å². The van der Waals surface area contributed by atoms with E-state index in [1.807, 2.05) is 31.2 Å². The Kier molecular flexibility index (Phi) is 3.58. The quantitative estimate of drug-likeness (QED) is 0.913. The average molecular weight is 293 g/mol. The second-order valence-corrected chi connectivity index (χ2v) is 4.58. The van der Waals surface area contributed by atoms with E-state index in [1.54, 1.807) is 6.20 Å². The molecular formula is C12H13BrN4. The molecule has 0 aliphatic carbocycles. The Morgan fingerprint density at radius 3 is 2.94 bits per heavy atom. The highest BCUT2D eigenvalue weighted by molar-refractivity contribution is 9.10. The first-order valence-electron chi connectivity index (χ1n) is 5.22. The summed E-state index contributed by atoms with van der Waals surface area (Å²) in [6, 6.07) is 7.76. The second-order valence-electron chi connectivity index (χ2n) is 3.72. The Morgan fingerprint density at radius 2 is 2.24 bits per heavy atom. The molecule has 0 atom stereocenters. The van der Waals surface area contributed by atoms with Gasteiger partial charge in [-0.25, -0.2) is 4.98 Å². The van der Waals surface area contributed by atoms with Crippen molar-refractivity contribution in [2.45, 2.75) is 13.5 Å². The molecule has 2 aromatic rings. The number of nitrogens with two attached hydrogens (primary N) is 1. The molecule has 3 N–H and O–H groups in total. The zero-order valence-electron chi connectivity index (χ0n) is 9.44. The topological polar surface area (TPSA) is 63.8 Å². The van der Waals surface area contributed by atoms with E-state index in [1.165, 1.54) is 0 Å². The fraction of sp³-hybridized carbons (Fsp3) is 0.167. The predicted octanol–water partition coefficient (Wildman–Crippen LogP) is 2.74. The number of aryl methyl sites for hydroxylation is 1. The lowest BCUT2D eigenvalue weighted by atomic mass is 10.3. The van der Waals surface area contributed by atoms with Crippen molar-refractivity contribution in [1.82, 2.24) is 9.97 Å². The van der Waals surface area contributed by atoms with E-state index in [2.05, 4.69) is 31.2 Å². The Balaban J connectivity index is 2.07. The monoisotopic (exact) mass is 292 g/mol. The summed E-state index contributed by atoms with van der Waals surface area (Å²) in [7, 11) is 0. The van der Waals surface area contributed by atoms with Gasteiger partial charge in [0.1, 0.15) is 5.82 Å². The number of anilines is 2. The molecule has 0 fully saturated rings. The molecular weight excluding hydrogens is 280 g/mol. The third kappa shape index (κ3) is 3.17. The molecule has 2 aromatic heterocycles. The van der Waals surface area contributed by atoms with Gasteiger partial charge in [0.25, 0.3) is 0 Å². The van der Waals surface area contributed by atoms with Crippen molar-refractivity contribution in [1.29, 1.82) is 0 Å². The molecule has 0 amide bonds. The molecule has 4 nitrogen and oxygen atoms in total. The van der Waals surface area contributed by atoms with Crippen LogP contribution in [0.3, 0.4) is 0 Å². The van der Waals surface area contributed by atoms with Crippen LogP contribution in [0.2, 0.25) is 0 Å². The minimum atomic E-state index is 0.635. The molecule has 17 heavy (non-hydrogen) atoms. The Hall–Kier alpha value is -1.62. The number of aromatic nitrogens is 2. The third-order valence-electron chi connectivity index (χ3n) is 2.25. The largest absolute Gasteiger partial charge is 0.397 e. The van der Waals surface area contributed by atoms with E-state index in [-0.39, 0.29) is 0 Å². The smallest absolute Gasteiger partial charge is 0.140 e. The van der Waals surface area contributed by atoms with E-state index in [4.69, 9.17) is 5.73 Å². The van der Waals surface area contributed by atoms with E-state index < -0.39 is 0 Å². The van der Waals surface area contributed by atoms with Crippen molar-refractivity contribution in [3.05, 3.63) is 46.3 Å². The van der Waals surface area contributed by atoms with Crippen LogP contribution in [0.25, 0.3) is 0 Å². The molecule has 0 aliphatic heterocycles. The molecule has 0 radical (unpaired) electrons. The van der Waals surface area contributed by atoms with Gasteiger partial charge in [-0.05, 0) is 41.1 Å². The predicted molar refractivity (Wildman–Crippen MR) is 72.7 cm³/mol. The lowest BCUT2D eigenvalue weighted by Gasteiger charge is -2.07. The molecule has 0 unspecified atom stereocenters. The minimum Gasteiger partial charge on any atom is -0.397 e. The average Bonchev–Trinajstić information content (AvgIpc) is 2.28. The molecule has 2 heterocycles. The third-order valence-corrected chi connectivity index (χ3v) is 2.85. The van der Waals surface area contributed by atoms with Crippen molar-refractivity contribution < 1.29 is 0 Å². The Labute approximate surface area is 108 Å². The van der Waals surface area contributed by atoms with Gasteiger partial charge in [-0.1, -0.05) is 6.07 Å². The molecule has 0 saturated heterocycles. The van der Waals surface area contributed by atoms with Gasteiger partial charge in [-0.15, -0.1) is 0 Å². The van der Waals surface area contributed by atoms with Gasteiger partial charge in [0.15, 0.2) is 0 Å². The molecule has 0 aliphatic rings. The van der Waals surface area contributed by atoms with Crippen molar-refractivity contribution in [3.63, 3.8) is 0 Å². The molecule has 88 valence electrons. The SMILES string of the molecule is Cc1cccc(CNc2ncc(N)cc2Br)n1. The van der Waals surface area contributed by atoms with Crippen LogP contribution in [0.15, 0.2) is 34.9 Å². The van der Waals surface area contributed by atoms with Gasteiger partial charge in [-0.2, -0.15) is 0 Å². The number of halogens is 1. The number of rotatable bonds is 3. The summed E-state index contributed by atoms with van der Waals surface area (Å²) in [4.78, 5) is 8.61. The number of nitrogen functional groups attached to an aromatic ring is 1. The number of pyridine rings is 2. The zero-order valence-corrected chi connectivity index (χ0v) is 11.0. The molecule has 0 spiro atoms. The molecule has 5 heteroatoms. The lowest BCUT2D eigenvalue weighted by molar-refractivity contribution is 1.00. The van der Waals surface area contributed by atoms with Gasteiger partial charge in [-0.3, -0.25) is 4.98 Å². The first-order chi connectivity index (χ1) is 8.15. The van der Waals surface area contributed by atoms with E-state index in [0.717, 1.165) is 21.7 Å². The summed E-state index contributed by atoms with van der Waals surface area (Å²) in [6.45, 7) is 2.61. The highest BCUT2D eigenvalue weighted by atomic mass is 79.9. The van der Waals surface area contributed by atoms with Gasteiger partial charge < -0.3 is 11.1 Å². The summed E-state index contributed by atoms with van der Waals surface area (Å²) in [5, 5.41) is 3.21. The van der Waals surface area contributed by atoms with Gasteiger partial charge >= 0.3 is 0 Å². The van der Waals surface area contributed by atoms with E-state index in [9.17, 15) is 0 Å². The van der Waals surface area contributed by atoms with E-state index >= 15 is 0 Å². The first-order valence-corrected chi connectivity index (χ1v) is 6.02. The summed E-state index contributed by atoms with van der Waals surface area (Å²) in [5.74, 6) is 0.766. The van der Waals surface area contributed by atoms with Crippen LogP contribution in [0, 0.1) is 6.92 Å². The van der Waals surface area contributed by atoms with Gasteiger partial charge in [0.05, 0.1) is 28.6 Å². The highest BCUT2D eigenvalue weighted by Gasteiger charge is 2.02. The maximum Gasteiger partial charge on any atom is 0.140 e. The van der Waals surface area contributed by atoms with Crippen molar-refractivity contribution in [2.75, 3.05) is 11.1 Å². The van der Waals surface area contributed by atoms with Gasteiger partial charge in [0, 0.05) is 5.69 Å². The number of nitrogens with zero attached hydrogens (tertiary/aromatic N) is 2. The molecule has 2 rings (SSSR count). The van der Waals surface area contributed by atoms with Gasteiger partial charge in [0.2, 0.25) is 0 Å². The summed E-state index contributed by atoms with van der Waals surface area (Å²) in [6.07, 6.45) is 1.62. The normalized spacial score (nSPS) is 10.2. The van der Waals surface area contributed by atoms with Crippen molar-refractivity contribution in [3.8, 4) is 0 Å². The maximum absolute atomic E-state index is 5.62. The van der Waals surface area contributed by atoms with Crippen LogP contribution in [-0.4, -0.2) is 9.97 Å². The maximum atomic E-state index is 5.62. The summed E-state index contributed by atoms with van der Waals surface area (Å²) in [5.41, 5.74) is 8.25. The Bertz CT molecular complexity index is 528. The van der Waals surface area contributed by atoms with Crippen molar-refractivity contribution >= 4 is 27.4 Å². The standard InChI is InChI=1S/C12H13BrN4/c1-8-3-2-4-10(17-8)7-16-12-11(13)5-9(14)6-15-12/h2-6H,7,14H2,1H3,(H,15,16). The van der Waals surface area contributed by atoms with Crippen LogP contribution in [0.4, 0.5) is 11.5 Å². The fourth-order valence-corrected chi connectivity index (χ4v) is 1.96. The number of nitrogens with one attached hydrogen (secondary N) is 1. The van der Waals surface area contributed by atoms with Crippen LogP contribution in [0.1, 0.15) is 11.4 Å². The molecule has 0 bridgehead atoms. The van der Waals surface area contributed by atoms with Crippen LogP contribution in [0.5, 0.6) is 0 Å².